The SMILES string of the molecule is Nc1ccc2nc(S(=O)CCC(F)(F)F)oc2c1. The zero-order chi connectivity index (χ0) is 13.3. The molecule has 1 unspecified atom stereocenters. The van der Waals surface area contributed by atoms with Crippen molar-refractivity contribution in [2.45, 2.75) is 17.8 Å². The summed E-state index contributed by atoms with van der Waals surface area (Å²) >= 11 is 0. The maximum absolute atomic E-state index is 12.0. The minimum atomic E-state index is -4.34. The van der Waals surface area contributed by atoms with Crippen molar-refractivity contribution in [3.8, 4) is 0 Å². The molecule has 1 atom stereocenters. The number of aromatic nitrogens is 1. The minimum absolute atomic E-state index is 0.208. The van der Waals surface area contributed by atoms with Crippen molar-refractivity contribution >= 4 is 27.6 Å². The molecule has 0 fully saturated rings. The molecule has 4 nitrogen and oxygen atoms in total. The molecule has 2 rings (SSSR count). The zero-order valence-corrected chi connectivity index (χ0v) is 9.85. The Balaban J connectivity index is 2.18. The van der Waals surface area contributed by atoms with Crippen LogP contribution >= 0.6 is 0 Å². The molecule has 0 aliphatic carbocycles. The van der Waals surface area contributed by atoms with E-state index in [2.05, 4.69) is 4.98 Å². The Morgan fingerprint density at radius 1 is 1.39 bits per heavy atom. The molecule has 1 aromatic heterocycles. The highest BCUT2D eigenvalue weighted by Gasteiger charge is 2.28. The van der Waals surface area contributed by atoms with E-state index in [9.17, 15) is 17.4 Å². The number of fused-ring (bicyclic) bond motifs is 1. The monoisotopic (exact) mass is 278 g/mol. The van der Waals surface area contributed by atoms with Gasteiger partial charge >= 0.3 is 6.18 Å². The number of anilines is 1. The van der Waals surface area contributed by atoms with Crippen LogP contribution in [0.5, 0.6) is 0 Å². The molecule has 0 aliphatic heterocycles. The molecule has 2 N–H and O–H groups in total. The van der Waals surface area contributed by atoms with Crippen LogP contribution in [0, 0.1) is 0 Å². The first-order valence-electron chi connectivity index (χ1n) is 4.96. The van der Waals surface area contributed by atoms with Crippen molar-refractivity contribution in [2.75, 3.05) is 11.5 Å². The molecule has 0 saturated heterocycles. The van der Waals surface area contributed by atoms with Crippen LogP contribution in [0.2, 0.25) is 0 Å². The maximum atomic E-state index is 12.0. The lowest BCUT2D eigenvalue weighted by Crippen LogP contribution is -2.12. The van der Waals surface area contributed by atoms with Gasteiger partial charge in [-0.15, -0.1) is 0 Å². The summed E-state index contributed by atoms with van der Waals surface area (Å²) in [5, 5.41) is -0.208. The molecule has 2 aromatic rings. The highest BCUT2D eigenvalue weighted by Crippen LogP contribution is 2.23. The molecule has 0 saturated carbocycles. The topological polar surface area (TPSA) is 69.1 Å². The Bertz CT molecular complexity index is 594. The number of halogens is 3. The Morgan fingerprint density at radius 3 is 2.78 bits per heavy atom. The van der Waals surface area contributed by atoms with Crippen LogP contribution in [-0.4, -0.2) is 21.1 Å². The summed E-state index contributed by atoms with van der Waals surface area (Å²) in [6, 6.07) is 4.61. The predicted octanol–water partition coefficient (Wildman–Crippen LogP) is 2.47. The fraction of sp³-hybridized carbons (Fsp3) is 0.300. The van der Waals surface area contributed by atoms with Gasteiger partial charge in [0.25, 0.3) is 5.22 Å². The Kier molecular flexibility index (Phi) is 3.29. The second-order valence-corrected chi connectivity index (χ2v) is 5.07. The van der Waals surface area contributed by atoms with Gasteiger partial charge in [0.1, 0.15) is 16.3 Å². The number of rotatable bonds is 3. The number of nitrogens with zero attached hydrogens (tertiary/aromatic N) is 1. The lowest BCUT2D eigenvalue weighted by atomic mass is 10.3. The van der Waals surface area contributed by atoms with E-state index >= 15 is 0 Å². The molecule has 98 valence electrons. The second kappa shape index (κ2) is 4.60. The normalized spacial score (nSPS) is 13.9. The summed E-state index contributed by atoms with van der Waals surface area (Å²) in [7, 11) is -1.91. The van der Waals surface area contributed by atoms with Crippen molar-refractivity contribution in [1.29, 1.82) is 0 Å². The fourth-order valence-corrected chi connectivity index (χ4v) is 2.29. The molecule has 0 radical (unpaired) electrons. The lowest BCUT2D eigenvalue weighted by Gasteiger charge is -2.03. The van der Waals surface area contributed by atoms with Gasteiger partial charge in [-0.1, -0.05) is 0 Å². The largest absolute Gasteiger partial charge is 0.430 e. The standard InChI is InChI=1S/C10H9F3N2O2S/c11-10(12,13)3-4-18(16)9-15-7-2-1-6(14)5-8(7)17-9/h1-2,5H,3-4,14H2. The molecule has 0 bridgehead atoms. The number of hydrogen-bond donors (Lipinski definition) is 1. The van der Waals surface area contributed by atoms with Crippen LogP contribution in [0.15, 0.2) is 27.8 Å². The van der Waals surface area contributed by atoms with Gasteiger partial charge in [0.2, 0.25) is 0 Å². The number of hydrogen-bond acceptors (Lipinski definition) is 4. The van der Waals surface area contributed by atoms with E-state index in [0.717, 1.165) is 0 Å². The van der Waals surface area contributed by atoms with Crippen LogP contribution in [0.3, 0.4) is 0 Å². The molecular weight excluding hydrogens is 269 g/mol. The molecule has 8 heteroatoms. The average molecular weight is 278 g/mol. The first kappa shape index (κ1) is 12.9. The van der Waals surface area contributed by atoms with E-state index in [1.807, 2.05) is 0 Å². The fourth-order valence-electron chi connectivity index (χ4n) is 1.31. The Morgan fingerprint density at radius 2 is 2.11 bits per heavy atom. The minimum Gasteiger partial charge on any atom is -0.430 e. The van der Waals surface area contributed by atoms with Crippen molar-refractivity contribution in [2.24, 2.45) is 0 Å². The van der Waals surface area contributed by atoms with E-state index in [1.54, 1.807) is 12.1 Å². The molecular formula is C10H9F3N2O2S. The summed E-state index contributed by atoms with van der Waals surface area (Å²) in [5.41, 5.74) is 6.68. The molecule has 0 aliphatic rings. The van der Waals surface area contributed by atoms with E-state index in [-0.39, 0.29) is 5.22 Å². The van der Waals surface area contributed by atoms with E-state index in [1.165, 1.54) is 6.07 Å². The third-order valence-electron chi connectivity index (χ3n) is 2.16. The summed E-state index contributed by atoms with van der Waals surface area (Å²) in [6.07, 6.45) is -5.48. The summed E-state index contributed by atoms with van der Waals surface area (Å²) in [4.78, 5) is 3.86. The molecule has 0 amide bonds. The quantitative estimate of drug-likeness (QED) is 0.876. The van der Waals surface area contributed by atoms with Gasteiger partial charge < -0.3 is 10.2 Å². The van der Waals surface area contributed by atoms with E-state index in [0.29, 0.717) is 16.8 Å². The third-order valence-corrected chi connectivity index (χ3v) is 3.30. The van der Waals surface area contributed by atoms with Gasteiger partial charge in [0, 0.05) is 17.5 Å². The summed E-state index contributed by atoms with van der Waals surface area (Å²) in [6.45, 7) is 0. The number of oxazole rings is 1. The van der Waals surface area contributed by atoms with Crippen LogP contribution in [0.4, 0.5) is 18.9 Å². The van der Waals surface area contributed by atoms with Crippen molar-refractivity contribution in [3.05, 3.63) is 18.2 Å². The summed E-state index contributed by atoms with van der Waals surface area (Å²) < 4.78 is 52.6. The maximum Gasteiger partial charge on any atom is 0.390 e. The van der Waals surface area contributed by atoms with Gasteiger partial charge in [-0.05, 0) is 12.1 Å². The average Bonchev–Trinajstić information content (AvgIpc) is 2.67. The first-order valence-corrected chi connectivity index (χ1v) is 6.28. The van der Waals surface area contributed by atoms with Crippen molar-refractivity contribution < 1.29 is 21.8 Å². The van der Waals surface area contributed by atoms with Gasteiger partial charge in [0.15, 0.2) is 5.58 Å². The highest BCUT2D eigenvalue weighted by molar-refractivity contribution is 7.84. The van der Waals surface area contributed by atoms with E-state index in [4.69, 9.17) is 10.2 Å². The molecule has 1 aromatic carbocycles. The molecule has 0 spiro atoms. The van der Waals surface area contributed by atoms with Gasteiger partial charge in [0.05, 0.1) is 6.42 Å². The Labute approximate surface area is 102 Å². The number of nitrogens with two attached hydrogens (primary N) is 1. The van der Waals surface area contributed by atoms with Crippen LogP contribution in [0.25, 0.3) is 11.1 Å². The van der Waals surface area contributed by atoms with Crippen molar-refractivity contribution in [1.82, 2.24) is 4.98 Å². The number of nitrogen functional groups attached to an aromatic ring is 1. The van der Waals surface area contributed by atoms with Crippen LogP contribution in [0.1, 0.15) is 6.42 Å². The molecule has 18 heavy (non-hydrogen) atoms. The predicted molar refractivity (Wildman–Crippen MR) is 60.4 cm³/mol. The van der Waals surface area contributed by atoms with Gasteiger partial charge in [-0.25, -0.2) is 9.19 Å². The van der Waals surface area contributed by atoms with Crippen LogP contribution < -0.4 is 5.73 Å². The highest BCUT2D eigenvalue weighted by atomic mass is 32.2. The van der Waals surface area contributed by atoms with E-state index < -0.39 is 29.1 Å². The number of benzene rings is 1. The number of alkyl halides is 3. The van der Waals surface area contributed by atoms with Gasteiger partial charge in [-0.2, -0.15) is 13.2 Å². The summed E-state index contributed by atoms with van der Waals surface area (Å²) in [5.74, 6) is -0.564. The third kappa shape index (κ3) is 3.00. The second-order valence-electron chi connectivity index (χ2n) is 3.62. The van der Waals surface area contributed by atoms with Crippen LogP contribution in [-0.2, 0) is 10.8 Å². The zero-order valence-electron chi connectivity index (χ0n) is 9.03. The molecule has 1 heterocycles. The smallest absolute Gasteiger partial charge is 0.390 e. The Hall–Kier alpha value is -1.57. The van der Waals surface area contributed by atoms with Crippen molar-refractivity contribution in [3.63, 3.8) is 0 Å². The first-order chi connectivity index (χ1) is 8.35. The van der Waals surface area contributed by atoms with Gasteiger partial charge in [-0.3, -0.25) is 0 Å². The lowest BCUT2D eigenvalue weighted by molar-refractivity contribution is -0.129.